The molecule has 0 radical (unpaired) electrons. The van der Waals surface area contributed by atoms with Crippen molar-refractivity contribution in [3.8, 4) is 17.2 Å². The Balaban J connectivity index is 1.82. The van der Waals surface area contributed by atoms with Crippen LogP contribution in [0.4, 0.5) is 0 Å². The van der Waals surface area contributed by atoms with E-state index in [1.165, 1.54) is 32.2 Å². The van der Waals surface area contributed by atoms with Gasteiger partial charge >= 0.3 is 0 Å². The lowest BCUT2D eigenvalue weighted by atomic mass is 10.0. The highest BCUT2D eigenvalue weighted by molar-refractivity contribution is 6.36. The van der Waals surface area contributed by atoms with Crippen molar-refractivity contribution in [2.75, 3.05) is 20.8 Å². The fourth-order valence-corrected chi connectivity index (χ4v) is 3.72. The summed E-state index contributed by atoms with van der Waals surface area (Å²) in [6, 6.07) is 13.5. The second kappa shape index (κ2) is 11.0. The van der Waals surface area contributed by atoms with Crippen LogP contribution in [0.1, 0.15) is 27.9 Å². The van der Waals surface area contributed by atoms with Gasteiger partial charge in [0.15, 0.2) is 17.3 Å². The second-order valence-electron chi connectivity index (χ2n) is 6.80. The van der Waals surface area contributed by atoms with Crippen molar-refractivity contribution in [2.45, 2.75) is 19.3 Å². The number of halogens is 2. The van der Waals surface area contributed by atoms with Gasteiger partial charge in [0, 0.05) is 24.4 Å². The zero-order valence-electron chi connectivity index (χ0n) is 17.4. The highest BCUT2D eigenvalue weighted by Gasteiger charge is 2.23. The van der Waals surface area contributed by atoms with Gasteiger partial charge in [0.1, 0.15) is 0 Å². The molecule has 3 rings (SSSR count). The van der Waals surface area contributed by atoms with E-state index in [1.807, 2.05) is 18.2 Å². The molecule has 31 heavy (non-hydrogen) atoms. The third kappa shape index (κ3) is 5.69. The molecule has 1 heterocycles. The summed E-state index contributed by atoms with van der Waals surface area (Å²) in [6.07, 6.45) is 4.58. The summed E-state index contributed by atoms with van der Waals surface area (Å²) in [7, 11) is 3.05. The van der Waals surface area contributed by atoms with Gasteiger partial charge < -0.3 is 14.2 Å². The first-order valence-electron chi connectivity index (χ1n) is 9.78. The van der Waals surface area contributed by atoms with Gasteiger partial charge in [0.05, 0.1) is 36.4 Å². The fraction of sp³-hybridized carbons (Fsp3) is 0.250. The Morgan fingerprint density at radius 3 is 2.29 bits per heavy atom. The topological polar surface area (TPSA) is 57.7 Å². The van der Waals surface area contributed by atoms with Crippen LogP contribution in [-0.2, 0) is 12.8 Å². The first kappa shape index (κ1) is 22.9. The molecular weight excluding hydrogens is 437 g/mol. The Bertz CT molecular complexity index is 1020. The number of aromatic nitrogens is 1. The minimum Gasteiger partial charge on any atom is -0.493 e. The van der Waals surface area contributed by atoms with E-state index < -0.39 is 0 Å². The first-order chi connectivity index (χ1) is 15.0. The van der Waals surface area contributed by atoms with Gasteiger partial charge in [0.25, 0.3) is 0 Å². The number of carbonyl (C=O) groups excluding carboxylic acids is 1. The minimum atomic E-state index is -0.200. The predicted octanol–water partition coefficient (Wildman–Crippen LogP) is 5.84. The molecule has 0 aliphatic rings. The molecule has 162 valence electrons. The van der Waals surface area contributed by atoms with Crippen molar-refractivity contribution in [2.24, 2.45) is 0 Å². The normalized spacial score (nSPS) is 10.6. The summed E-state index contributed by atoms with van der Waals surface area (Å²) in [5.41, 5.74) is 2.12. The summed E-state index contributed by atoms with van der Waals surface area (Å²) in [6.45, 7) is 0.412. The number of methoxy groups -OCH3 is 2. The second-order valence-corrected chi connectivity index (χ2v) is 7.61. The molecule has 0 unspecified atom stereocenters. The van der Waals surface area contributed by atoms with E-state index in [2.05, 4.69) is 17.1 Å². The maximum absolute atomic E-state index is 13.1. The third-order valence-corrected chi connectivity index (χ3v) is 5.44. The van der Waals surface area contributed by atoms with Crippen molar-refractivity contribution in [1.29, 1.82) is 0 Å². The number of ketones is 1. The highest BCUT2D eigenvalue weighted by atomic mass is 35.5. The van der Waals surface area contributed by atoms with E-state index >= 15 is 0 Å². The number of carbonyl (C=O) groups is 1. The summed E-state index contributed by atoms with van der Waals surface area (Å²) in [4.78, 5) is 17.1. The lowest BCUT2D eigenvalue weighted by Gasteiger charge is -2.17. The van der Waals surface area contributed by atoms with Crippen LogP contribution < -0.4 is 14.2 Å². The Hall–Kier alpha value is -2.76. The van der Waals surface area contributed by atoms with E-state index in [4.69, 9.17) is 37.4 Å². The van der Waals surface area contributed by atoms with Crippen molar-refractivity contribution in [3.05, 3.63) is 81.6 Å². The molecule has 1 aromatic heterocycles. The smallest absolute Gasteiger partial charge is 0.204 e. The van der Waals surface area contributed by atoms with Gasteiger partial charge in [-0.2, -0.15) is 0 Å². The van der Waals surface area contributed by atoms with E-state index in [0.29, 0.717) is 45.0 Å². The lowest BCUT2D eigenvalue weighted by molar-refractivity contribution is 0.0988. The lowest BCUT2D eigenvalue weighted by Crippen LogP contribution is -2.11. The quantitative estimate of drug-likeness (QED) is 0.281. The van der Waals surface area contributed by atoms with Gasteiger partial charge in [0.2, 0.25) is 5.75 Å². The van der Waals surface area contributed by atoms with Crippen LogP contribution in [0, 0.1) is 0 Å². The molecule has 0 atom stereocenters. The summed E-state index contributed by atoms with van der Waals surface area (Å²) in [5, 5.41) is 0.679. The average molecular weight is 460 g/mol. The monoisotopic (exact) mass is 459 g/mol. The van der Waals surface area contributed by atoms with E-state index in [9.17, 15) is 4.79 Å². The number of Topliss-reactive ketones (excluding diaryl/α,β-unsaturated/α-hetero) is 1. The standard InChI is InChI=1S/C24H23Cl2NO4/c1-29-22-11-10-17(21(28)13-18-19(25)14-27-15-20(18)26)23(24(22)30-2)31-12-6-9-16-7-4-3-5-8-16/h3-5,7-8,10-11,14-15H,6,9,12-13H2,1-2H3. The molecule has 0 bridgehead atoms. The highest BCUT2D eigenvalue weighted by Crippen LogP contribution is 2.41. The Kier molecular flexibility index (Phi) is 8.15. The zero-order valence-corrected chi connectivity index (χ0v) is 18.9. The molecule has 0 spiro atoms. The largest absolute Gasteiger partial charge is 0.493 e. The van der Waals surface area contributed by atoms with Crippen molar-refractivity contribution < 1.29 is 19.0 Å². The Morgan fingerprint density at radius 1 is 0.935 bits per heavy atom. The number of ether oxygens (including phenoxy) is 3. The van der Waals surface area contributed by atoms with Crippen LogP contribution in [0.25, 0.3) is 0 Å². The van der Waals surface area contributed by atoms with Crippen LogP contribution in [0.3, 0.4) is 0 Å². The number of benzene rings is 2. The molecular formula is C24H23Cl2NO4. The Labute approximate surface area is 191 Å². The third-order valence-electron chi connectivity index (χ3n) is 4.79. The molecule has 0 aliphatic carbocycles. The SMILES string of the molecule is COc1ccc(C(=O)Cc2c(Cl)cncc2Cl)c(OCCCc2ccccc2)c1OC. The maximum Gasteiger partial charge on any atom is 0.204 e. The van der Waals surface area contributed by atoms with Crippen molar-refractivity contribution in [3.63, 3.8) is 0 Å². The maximum atomic E-state index is 13.1. The predicted molar refractivity (Wildman–Crippen MR) is 122 cm³/mol. The Morgan fingerprint density at radius 2 is 1.65 bits per heavy atom. The first-order valence-corrected chi connectivity index (χ1v) is 10.5. The fourth-order valence-electron chi connectivity index (χ4n) is 3.22. The number of aryl methyl sites for hydroxylation is 1. The van der Waals surface area contributed by atoms with Crippen LogP contribution >= 0.6 is 23.2 Å². The van der Waals surface area contributed by atoms with Gasteiger partial charge in [-0.3, -0.25) is 9.78 Å². The van der Waals surface area contributed by atoms with Crippen LogP contribution in [0.5, 0.6) is 17.2 Å². The number of hydrogen-bond acceptors (Lipinski definition) is 5. The molecule has 0 aliphatic heterocycles. The number of rotatable bonds is 10. The molecule has 0 amide bonds. The number of nitrogens with zero attached hydrogens (tertiary/aromatic N) is 1. The molecule has 7 heteroatoms. The molecule has 0 fully saturated rings. The van der Waals surface area contributed by atoms with Gasteiger partial charge in [-0.25, -0.2) is 0 Å². The van der Waals surface area contributed by atoms with Crippen LogP contribution in [0.15, 0.2) is 54.9 Å². The number of hydrogen-bond donors (Lipinski definition) is 0. The molecule has 0 N–H and O–H groups in total. The van der Waals surface area contributed by atoms with Gasteiger partial charge in [-0.15, -0.1) is 0 Å². The van der Waals surface area contributed by atoms with Crippen molar-refractivity contribution >= 4 is 29.0 Å². The average Bonchev–Trinajstić information content (AvgIpc) is 2.79. The number of pyridine rings is 1. The molecule has 0 saturated heterocycles. The van der Waals surface area contributed by atoms with Crippen molar-refractivity contribution in [1.82, 2.24) is 4.98 Å². The van der Waals surface area contributed by atoms with E-state index in [-0.39, 0.29) is 12.2 Å². The molecule has 2 aromatic carbocycles. The molecule has 5 nitrogen and oxygen atoms in total. The van der Waals surface area contributed by atoms with Gasteiger partial charge in [-0.05, 0) is 30.5 Å². The molecule has 0 saturated carbocycles. The summed E-state index contributed by atoms with van der Waals surface area (Å²) >= 11 is 12.4. The minimum absolute atomic E-state index is 0.00997. The zero-order chi connectivity index (χ0) is 22.2. The van der Waals surface area contributed by atoms with E-state index in [0.717, 1.165) is 12.8 Å². The van der Waals surface area contributed by atoms with Crippen LogP contribution in [-0.4, -0.2) is 31.6 Å². The van der Waals surface area contributed by atoms with E-state index in [1.54, 1.807) is 12.1 Å². The summed E-state index contributed by atoms with van der Waals surface area (Å²) < 4.78 is 16.9. The van der Waals surface area contributed by atoms with Crippen LogP contribution in [0.2, 0.25) is 10.0 Å². The van der Waals surface area contributed by atoms with Gasteiger partial charge in [-0.1, -0.05) is 53.5 Å². The summed E-state index contributed by atoms with van der Waals surface area (Å²) in [5.74, 6) is 1.01. The molecule has 3 aromatic rings.